The number of benzene rings is 1. The summed E-state index contributed by atoms with van der Waals surface area (Å²) in [6.07, 6.45) is 5.79. The molecule has 3 aromatic rings. The van der Waals surface area contributed by atoms with Crippen molar-refractivity contribution >= 4 is 5.91 Å². The second kappa shape index (κ2) is 6.72. The number of carbonyl (C=O) groups excluding carboxylic acids is 1. The Bertz CT molecular complexity index is 995. The van der Waals surface area contributed by atoms with E-state index >= 15 is 0 Å². The van der Waals surface area contributed by atoms with Crippen LogP contribution in [0.1, 0.15) is 35.5 Å². The number of rotatable bonds is 2. The van der Waals surface area contributed by atoms with Gasteiger partial charge in [0.25, 0.3) is 5.91 Å². The average Bonchev–Trinajstić information content (AvgIpc) is 3.24. The second-order valence-corrected chi connectivity index (χ2v) is 5.77. The van der Waals surface area contributed by atoms with Gasteiger partial charge in [0, 0.05) is 24.2 Å². The Morgan fingerprint density at radius 2 is 2.04 bits per heavy atom. The smallest absolute Gasteiger partial charge is 0.252 e. The molecule has 0 unspecified atom stereocenters. The van der Waals surface area contributed by atoms with Gasteiger partial charge in [-0.15, -0.1) is 0 Å². The van der Waals surface area contributed by atoms with Crippen molar-refractivity contribution in [3.63, 3.8) is 0 Å². The molecule has 0 bridgehead atoms. The Kier molecular flexibility index (Phi) is 4.45. The molecule has 26 heavy (non-hydrogen) atoms. The van der Waals surface area contributed by atoms with E-state index in [0.717, 1.165) is 17.3 Å². The molecule has 4 rings (SSSR count). The van der Waals surface area contributed by atoms with Crippen LogP contribution in [-0.2, 0) is 5.54 Å². The monoisotopic (exact) mass is 350 g/mol. The number of H-pyrrole nitrogens is 1. The van der Waals surface area contributed by atoms with Crippen molar-refractivity contribution in [3.05, 3.63) is 65.8 Å². The van der Waals surface area contributed by atoms with E-state index in [1.54, 1.807) is 31.5 Å². The molecule has 0 aliphatic carbocycles. The highest BCUT2D eigenvalue weighted by Crippen LogP contribution is 2.38. The van der Waals surface area contributed by atoms with E-state index in [-0.39, 0.29) is 11.6 Å². The van der Waals surface area contributed by atoms with Crippen molar-refractivity contribution in [3.8, 4) is 17.2 Å². The maximum atomic E-state index is 14.1. The molecule has 1 aliphatic heterocycles. The molecule has 0 spiro atoms. The fourth-order valence-electron chi connectivity index (χ4n) is 2.99. The molecular formula is C18H15FN6O. The molecule has 1 aliphatic rings. The molecule has 7 nitrogen and oxygen atoms in total. The lowest BCUT2D eigenvalue weighted by molar-refractivity contribution is 0.0943. The standard InChI is InChI=1S/C16H12FN5O.C2H3N/c1-16(14-13(17)7-18-8-19-14)12-3-2-9(10-5-20-21-6-10)4-11(12)15(23)22-16;1-2-3/h2-8H,1H3,(H,20,21)(H,22,23);1H3/t16-;/m1./s1. The number of hydrogen-bond donors (Lipinski definition) is 2. The number of hydrogen-bond acceptors (Lipinski definition) is 5. The summed E-state index contributed by atoms with van der Waals surface area (Å²) in [5, 5.41) is 16.8. The number of aromatic nitrogens is 4. The zero-order valence-electron chi connectivity index (χ0n) is 14.1. The first kappa shape index (κ1) is 17.2. The van der Waals surface area contributed by atoms with Crippen molar-refractivity contribution in [2.24, 2.45) is 0 Å². The van der Waals surface area contributed by atoms with Crippen LogP contribution >= 0.6 is 0 Å². The van der Waals surface area contributed by atoms with Crippen LogP contribution in [0.25, 0.3) is 11.1 Å². The molecule has 1 atom stereocenters. The summed E-state index contributed by atoms with van der Waals surface area (Å²) in [4.78, 5) is 20.1. The lowest BCUT2D eigenvalue weighted by Gasteiger charge is -2.25. The second-order valence-electron chi connectivity index (χ2n) is 5.77. The highest BCUT2D eigenvalue weighted by atomic mass is 19.1. The minimum Gasteiger partial charge on any atom is -0.337 e. The van der Waals surface area contributed by atoms with E-state index in [4.69, 9.17) is 5.26 Å². The van der Waals surface area contributed by atoms with Gasteiger partial charge in [0.1, 0.15) is 17.6 Å². The number of nitrogens with one attached hydrogen (secondary N) is 2. The van der Waals surface area contributed by atoms with E-state index < -0.39 is 11.4 Å². The third-order valence-corrected chi connectivity index (χ3v) is 4.14. The van der Waals surface area contributed by atoms with Crippen LogP contribution in [0.5, 0.6) is 0 Å². The maximum Gasteiger partial charge on any atom is 0.252 e. The first-order valence-corrected chi connectivity index (χ1v) is 7.74. The van der Waals surface area contributed by atoms with E-state index in [0.29, 0.717) is 11.1 Å². The van der Waals surface area contributed by atoms with Crippen molar-refractivity contribution in [1.82, 2.24) is 25.5 Å². The number of fused-ring (bicyclic) bond motifs is 1. The molecule has 0 radical (unpaired) electrons. The Labute approximate surface area is 148 Å². The van der Waals surface area contributed by atoms with Gasteiger partial charge in [-0.1, -0.05) is 12.1 Å². The fraction of sp³-hybridized carbons (Fsp3) is 0.167. The lowest BCUT2D eigenvalue weighted by Crippen LogP contribution is -2.39. The normalized spacial score (nSPS) is 17.5. The van der Waals surface area contributed by atoms with Crippen LogP contribution in [0.15, 0.2) is 43.1 Å². The third-order valence-electron chi connectivity index (χ3n) is 4.14. The fourth-order valence-corrected chi connectivity index (χ4v) is 2.99. The van der Waals surface area contributed by atoms with Gasteiger partial charge in [-0.2, -0.15) is 10.4 Å². The summed E-state index contributed by atoms with van der Waals surface area (Å²) < 4.78 is 14.1. The molecule has 8 heteroatoms. The molecule has 0 saturated carbocycles. The Morgan fingerprint density at radius 3 is 2.69 bits per heavy atom. The van der Waals surface area contributed by atoms with E-state index in [2.05, 4.69) is 25.5 Å². The topological polar surface area (TPSA) is 107 Å². The third kappa shape index (κ3) is 2.80. The van der Waals surface area contributed by atoms with Gasteiger partial charge >= 0.3 is 0 Å². The highest BCUT2D eigenvalue weighted by Gasteiger charge is 2.43. The first-order chi connectivity index (χ1) is 12.5. The minimum atomic E-state index is -1.02. The molecule has 1 amide bonds. The number of amides is 1. The van der Waals surface area contributed by atoms with Gasteiger partial charge in [-0.05, 0) is 24.1 Å². The van der Waals surface area contributed by atoms with Crippen molar-refractivity contribution in [2.45, 2.75) is 19.4 Å². The predicted octanol–water partition coefficient (Wildman–Crippen LogP) is 2.54. The quantitative estimate of drug-likeness (QED) is 0.738. The van der Waals surface area contributed by atoms with Crippen LogP contribution in [0, 0.1) is 17.1 Å². The van der Waals surface area contributed by atoms with Crippen molar-refractivity contribution in [1.29, 1.82) is 5.26 Å². The van der Waals surface area contributed by atoms with E-state index in [9.17, 15) is 9.18 Å². The Morgan fingerprint density at radius 1 is 1.27 bits per heavy atom. The molecule has 1 aromatic carbocycles. The van der Waals surface area contributed by atoms with Crippen LogP contribution in [0.4, 0.5) is 4.39 Å². The molecule has 2 N–H and O–H groups in total. The summed E-state index contributed by atoms with van der Waals surface area (Å²) in [5.74, 6) is -0.812. The Hall–Kier alpha value is -3.60. The summed E-state index contributed by atoms with van der Waals surface area (Å²) in [6.45, 7) is 3.17. The summed E-state index contributed by atoms with van der Waals surface area (Å²) >= 11 is 0. The molecule has 0 saturated heterocycles. The molecular weight excluding hydrogens is 335 g/mol. The number of nitriles is 1. The highest BCUT2D eigenvalue weighted by molar-refractivity contribution is 6.01. The maximum absolute atomic E-state index is 14.1. The summed E-state index contributed by atoms with van der Waals surface area (Å²) in [7, 11) is 0. The molecule has 0 fully saturated rings. The van der Waals surface area contributed by atoms with Crippen LogP contribution in [-0.4, -0.2) is 26.1 Å². The number of halogens is 1. The van der Waals surface area contributed by atoms with Gasteiger partial charge in [0.2, 0.25) is 0 Å². The largest absolute Gasteiger partial charge is 0.337 e. The summed E-state index contributed by atoms with van der Waals surface area (Å²) in [6, 6.07) is 7.22. The molecule has 3 heterocycles. The first-order valence-electron chi connectivity index (χ1n) is 7.74. The predicted molar refractivity (Wildman–Crippen MR) is 91.2 cm³/mol. The van der Waals surface area contributed by atoms with Gasteiger partial charge < -0.3 is 5.32 Å². The Balaban J connectivity index is 0.000000613. The van der Waals surface area contributed by atoms with Crippen molar-refractivity contribution < 1.29 is 9.18 Å². The van der Waals surface area contributed by atoms with E-state index in [1.807, 2.05) is 12.1 Å². The van der Waals surface area contributed by atoms with Crippen molar-refractivity contribution in [2.75, 3.05) is 0 Å². The van der Waals surface area contributed by atoms with Crippen LogP contribution in [0.3, 0.4) is 0 Å². The number of nitrogens with zero attached hydrogens (tertiary/aromatic N) is 4. The zero-order chi connectivity index (χ0) is 18.7. The summed E-state index contributed by atoms with van der Waals surface area (Å²) in [5.41, 5.74) is 2.06. The number of aromatic amines is 1. The number of carbonyl (C=O) groups is 1. The SMILES string of the molecule is CC#N.C[C@@]1(c2ncncc2F)NC(=O)c2cc(-c3cn[nH]c3)ccc21. The van der Waals surface area contributed by atoms with Gasteiger partial charge in [-0.25, -0.2) is 14.4 Å². The van der Waals surface area contributed by atoms with Crippen LogP contribution < -0.4 is 5.32 Å². The molecule has 130 valence electrons. The van der Waals surface area contributed by atoms with Gasteiger partial charge in [0.05, 0.1) is 18.5 Å². The van der Waals surface area contributed by atoms with Crippen LogP contribution in [0.2, 0.25) is 0 Å². The van der Waals surface area contributed by atoms with Gasteiger partial charge in [-0.3, -0.25) is 9.89 Å². The van der Waals surface area contributed by atoms with Gasteiger partial charge in [0.15, 0.2) is 5.82 Å². The lowest BCUT2D eigenvalue weighted by atomic mass is 9.87. The zero-order valence-corrected chi connectivity index (χ0v) is 14.1. The minimum absolute atomic E-state index is 0.149. The van der Waals surface area contributed by atoms with E-state index in [1.165, 1.54) is 13.3 Å². The molecule has 2 aromatic heterocycles. The average molecular weight is 350 g/mol.